The van der Waals surface area contributed by atoms with Crippen LogP contribution in [0, 0.1) is 0 Å². The lowest BCUT2D eigenvalue weighted by molar-refractivity contribution is 0.424. The minimum Gasteiger partial charge on any atom is -0.396 e. The fourth-order valence-electron chi connectivity index (χ4n) is 3.02. The van der Waals surface area contributed by atoms with Crippen LogP contribution in [0.4, 0.5) is 0 Å². The minimum absolute atomic E-state index is 0.862. The van der Waals surface area contributed by atoms with Crippen molar-refractivity contribution in [2.24, 2.45) is 0 Å². The average molecular weight is 396 g/mol. The fourth-order valence-corrected chi connectivity index (χ4v) is 4.69. The van der Waals surface area contributed by atoms with Crippen LogP contribution in [-0.2, 0) is 4.43 Å². The molecule has 1 nitrogen and oxygen atoms in total. The van der Waals surface area contributed by atoms with Gasteiger partial charge in [0.1, 0.15) is 0 Å². The van der Waals surface area contributed by atoms with Gasteiger partial charge in [0.15, 0.2) is 0 Å². The van der Waals surface area contributed by atoms with Gasteiger partial charge in [-0.2, -0.15) is 0 Å². The summed E-state index contributed by atoms with van der Waals surface area (Å²) in [6, 6.07) is 0.862. The van der Waals surface area contributed by atoms with Crippen LogP contribution in [0.1, 0.15) is 103 Å². The van der Waals surface area contributed by atoms with Crippen molar-refractivity contribution in [1.29, 1.82) is 0 Å². The Morgan fingerprint density at radius 2 is 1.00 bits per heavy atom. The monoisotopic (exact) mass is 394 g/mol. The van der Waals surface area contributed by atoms with Gasteiger partial charge in [0, 0.05) is 7.11 Å². The van der Waals surface area contributed by atoms with Crippen LogP contribution < -0.4 is 0 Å². The number of unbranched alkanes of at least 4 members (excludes halogenated alkanes) is 15. The Morgan fingerprint density at radius 3 is 1.33 bits per heavy atom. The highest BCUT2D eigenvalue weighted by molar-refractivity contribution is 7.42. The summed E-state index contributed by atoms with van der Waals surface area (Å²) >= 11 is 12.1. The summed E-state index contributed by atoms with van der Waals surface area (Å²) in [4.78, 5) is 0. The van der Waals surface area contributed by atoms with Crippen LogP contribution in [0.5, 0.6) is 0 Å². The van der Waals surface area contributed by atoms with Crippen molar-refractivity contribution in [3.8, 4) is 0 Å². The summed E-state index contributed by atoms with van der Waals surface area (Å²) in [6.45, 7) is 1.42. The Balaban J connectivity index is 3.06. The van der Waals surface area contributed by atoms with Crippen LogP contribution in [-0.4, -0.2) is 14.0 Å². The molecule has 0 atom stereocenters. The Kier molecular flexibility index (Phi) is 18.7. The van der Waals surface area contributed by atoms with E-state index < -0.39 is 6.94 Å². The second kappa shape index (κ2) is 18.3. The second-order valence-corrected chi connectivity index (χ2v) is 13.4. The summed E-state index contributed by atoms with van der Waals surface area (Å²) in [6.07, 6.45) is 23.7. The molecule has 0 rings (SSSR count). The van der Waals surface area contributed by atoms with E-state index in [9.17, 15) is 0 Å². The molecule has 0 aliphatic carbocycles. The number of allylic oxidation sites excluding steroid dienone is 1. The smallest absolute Gasteiger partial charge is 0.389 e. The van der Waals surface area contributed by atoms with Gasteiger partial charge < -0.3 is 4.43 Å². The first-order valence-electron chi connectivity index (χ1n) is 10.2. The zero-order valence-electron chi connectivity index (χ0n) is 16.0. The molecule has 144 valence electrons. The molecule has 0 aliphatic rings. The summed E-state index contributed by atoms with van der Waals surface area (Å²) in [5.74, 6) is 0. The van der Waals surface area contributed by atoms with E-state index in [4.69, 9.17) is 26.6 Å². The number of hydrogen-bond donors (Lipinski definition) is 0. The fraction of sp³-hybridized carbons (Fsp3) is 0.900. The first-order chi connectivity index (χ1) is 11.6. The van der Waals surface area contributed by atoms with E-state index in [-0.39, 0.29) is 0 Å². The van der Waals surface area contributed by atoms with Gasteiger partial charge in [0.05, 0.1) is 0 Å². The van der Waals surface area contributed by atoms with Crippen molar-refractivity contribution < 1.29 is 4.43 Å². The third kappa shape index (κ3) is 18.8. The molecule has 0 heterocycles. The van der Waals surface area contributed by atoms with Crippen LogP contribution >= 0.6 is 22.2 Å². The van der Waals surface area contributed by atoms with Crippen LogP contribution in [0.25, 0.3) is 0 Å². The van der Waals surface area contributed by atoms with Crippen LogP contribution in [0.3, 0.4) is 0 Å². The van der Waals surface area contributed by atoms with E-state index in [2.05, 4.69) is 6.58 Å². The molecule has 0 saturated carbocycles. The molecular formula is C20H40Cl2OSi. The highest BCUT2D eigenvalue weighted by Crippen LogP contribution is 2.24. The third-order valence-corrected chi connectivity index (χ3v) is 8.27. The van der Waals surface area contributed by atoms with Crippen LogP contribution in [0.15, 0.2) is 12.7 Å². The largest absolute Gasteiger partial charge is 0.396 e. The maximum Gasteiger partial charge on any atom is 0.389 e. The minimum atomic E-state index is -2.35. The predicted octanol–water partition coefficient (Wildman–Crippen LogP) is 8.48. The molecule has 0 fully saturated rings. The van der Waals surface area contributed by atoms with E-state index in [0.29, 0.717) is 0 Å². The zero-order valence-corrected chi connectivity index (χ0v) is 18.5. The normalized spacial score (nSPS) is 11.8. The average Bonchev–Trinajstić information content (AvgIpc) is 2.57. The summed E-state index contributed by atoms with van der Waals surface area (Å²) < 4.78 is 5.13. The first-order valence-corrected chi connectivity index (χ1v) is 14.3. The lowest BCUT2D eigenvalue weighted by Gasteiger charge is -2.13. The maximum atomic E-state index is 6.07. The number of halogens is 2. The summed E-state index contributed by atoms with van der Waals surface area (Å²) in [5, 5.41) is 0. The quantitative estimate of drug-likeness (QED) is 0.0922. The van der Waals surface area contributed by atoms with Gasteiger partial charge in [-0.25, -0.2) is 0 Å². The molecule has 0 amide bonds. The van der Waals surface area contributed by atoms with Gasteiger partial charge >= 0.3 is 6.94 Å². The molecule has 24 heavy (non-hydrogen) atoms. The Hall–Kier alpha value is 0.497. The maximum absolute atomic E-state index is 6.07. The summed E-state index contributed by atoms with van der Waals surface area (Å²) in [7, 11) is 1.62. The van der Waals surface area contributed by atoms with Gasteiger partial charge in [0.2, 0.25) is 0 Å². The topological polar surface area (TPSA) is 9.23 Å². The lowest BCUT2D eigenvalue weighted by atomic mass is 10.0. The van der Waals surface area contributed by atoms with Gasteiger partial charge in [-0.05, 0) is 18.9 Å². The SMILES string of the molecule is C=CCCCCCCCCCCCCCCCCC[Si](Cl)(Cl)OC. The van der Waals surface area contributed by atoms with E-state index in [1.165, 1.54) is 96.3 Å². The predicted molar refractivity (Wildman–Crippen MR) is 113 cm³/mol. The zero-order chi connectivity index (χ0) is 17.9. The molecule has 0 aliphatic heterocycles. The van der Waals surface area contributed by atoms with Crippen molar-refractivity contribution in [2.75, 3.05) is 7.11 Å². The first kappa shape index (κ1) is 24.5. The Morgan fingerprint density at radius 1 is 0.667 bits per heavy atom. The standard InChI is InChI=1S/C20H40Cl2OSi/c1-3-4-5-6-7-8-9-10-11-12-13-14-15-16-17-18-19-20-24(21,22)23-2/h3H,1,4-20H2,2H3. The van der Waals surface area contributed by atoms with E-state index in [0.717, 1.165) is 12.5 Å². The molecule has 0 unspecified atom stereocenters. The van der Waals surface area contributed by atoms with Crippen molar-refractivity contribution >= 4 is 29.1 Å². The Labute approximate surface area is 162 Å². The van der Waals surface area contributed by atoms with Crippen molar-refractivity contribution in [1.82, 2.24) is 0 Å². The van der Waals surface area contributed by atoms with Crippen molar-refractivity contribution in [3.05, 3.63) is 12.7 Å². The highest BCUT2D eigenvalue weighted by atomic mass is 35.7. The molecule has 4 heteroatoms. The van der Waals surface area contributed by atoms with E-state index >= 15 is 0 Å². The molecule has 0 radical (unpaired) electrons. The molecule has 0 aromatic heterocycles. The van der Waals surface area contributed by atoms with Gasteiger partial charge in [-0.15, -0.1) is 28.7 Å². The molecule has 0 N–H and O–H groups in total. The number of hydrogen-bond acceptors (Lipinski definition) is 1. The van der Waals surface area contributed by atoms with Gasteiger partial charge in [0.25, 0.3) is 0 Å². The molecular weight excluding hydrogens is 355 g/mol. The third-order valence-electron chi connectivity index (χ3n) is 4.67. The molecule has 0 aromatic rings. The van der Waals surface area contributed by atoms with Gasteiger partial charge in [-0.1, -0.05) is 96.0 Å². The molecule has 0 spiro atoms. The molecule has 0 aromatic carbocycles. The van der Waals surface area contributed by atoms with Crippen LogP contribution in [0.2, 0.25) is 6.04 Å². The summed E-state index contributed by atoms with van der Waals surface area (Å²) in [5.41, 5.74) is 0. The lowest BCUT2D eigenvalue weighted by Crippen LogP contribution is -2.21. The van der Waals surface area contributed by atoms with E-state index in [1.807, 2.05) is 6.08 Å². The highest BCUT2D eigenvalue weighted by Gasteiger charge is 2.27. The number of rotatable bonds is 19. The second-order valence-electron chi connectivity index (χ2n) is 6.97. The molecule has 0 bridgehead atoms. The Bertz CT molecular complexity index is 272. The molecule has 0 saturated heterocycles. The van der Waals surface area contributed by atoms with Crippen molar-refractivity contribution in [3.63, 3.8) is 0 Å². The van der Waals surface area contributed by atoms with Gasteiger partial charge in [-0.3, -0.25) is 0 Å². The van der Waals surface area contributed by atoms with E-state index in [1.54, 1.807) is 7.11 Å². The van der Waals surface area contributed by atoms with Crippen molar-refractivity contribution in [2.45, 2.75) is 109 Å².